The van der Waals surface area contributed by atoms with Crippen LogP contribution in [-0.4, -0.2) is 79.5 Å². The first kappa shape index (κ1) is 19.2. The van der Waals surface area contributed by atoms with Crippen LogP contribution in [0.3, 0.4) is 0 Å². The van der Waals surface area contributed by atoms with E-state index in [4.69, 9.17) is 5.11 Å². The number of hydrogen-bond donors (Lipinski definition) is 6. The Balaban J connectivity index is 0.00000324. The molecule has 0 radical (unpaired) electrons. The summed E-state index contributed by atoms with van der Waals surface area (Å²) in [6, 6.07) is 0. The fourth-order valence-corrected chi connectivity index (χ4v) is 1.70. The van der Waals surface area contributed by atoms with Crippen molar-refractivity contribution < 1.29 is 74.8 Å². The number of carboxylic acid groups (broad SMARTS) is 1. The maximum absolute atomic E-state index is 10.7. The molecule has 0 bridgehead atoms. The normalized spacial score (nSPS) is 38.1. The van der Waals surface area contributed by atoms with Gasteiger partial charge in [-0.15, -0.1) is 0 Å². The van der Waals surface area contributed by atoms with Crippen molar-refractivity contribution in [3.05, 3.63) is 0 Å². The van der Waals surface area contributed by atoms with Crippen molar-refractivity contribution >= 4 is 5.97 Å². The average Bonchev–Trinajstić information content (AvgIpc) is 2.31. The van der Waals surface area contributed by atoms with Crippen molar-refractivity contribution in [1.29, 1.82) is 0 Å². The summed E-state index contributed by atoms with van der Waals surface area (Å²) in [5, 5.41) is 66.4. The van der Waals surface area contributed by atoms with Crippen LogP contribution in [0.1, 0.15) is 6.42 Å². The molecule has 19 heavy (non-hydrogen) atoms. The van der Waals surface area contributed by atoms with Gasteiger partial charge in [0, 0.05) is 6.42 Å². The molecule has 10 heteroatoms. The summed E-state index contributed by atoms with van der Waals surface area (Å²) in [5.41, 5.74) is 0. The second kappa shape index (κ2) is 7.27. The van der Waals surface area contributed by atoms with Crippen molar-refractivity contribution in [2.24, 2.45) is 0 Å². The molecule has 1 saturated heterocycles. The van der Waals surface area contributed by atoms with E-state index in [9.17, 15) is 35.4 Å². The molecule has 0 aromatic heterocycles. The van der Waals surface area contributed by atoms with E-state index in [1.165, 1.54) is 0 Å². The van der Waals surface area contributed by atoms with Crippen LogP contribution < -0.4 is 34.7 Å². The number of aliphatic carboxylic acids is 1. The molecule has 0 amide bonds. The Morgan fingerprint density at radius 3 is 2.37 bits per heavy atom. The molecular weight excluding hydrogens is 275 g/mol. The fraction of sp³-hybridized carbons (Fsp3) is 0.889. The first-order valence-corrected chi connectivity index (χ1v) is 5.17. The van der Waals surface area contributed by atoms with Crippen molar-refractivity contribution in [1.82, 2.24) is 0 Å². The van der Waals surface area contributed by atoms with E-state index in [0.29, 0.717) is 0 Å². The van der Waals surface area contributed by atoms with E-state index in [-0.39, 0.29) is 29.6 Å². The zero-order chi connectivity index (χ0) is 14.1. The van der Waals surface area contributed by atoms with Gasteiger partial charge in [0.15, 0.2) is 0 Å². The van der Waals surface area contributed by atoms with Gasteiger partial charge < -0.3 is 45.3 Å². The van der Waals surface area contributed by atoms with E-state index < -0.39 is 55.3 Å². The summed E-state index contributed by atoms with van der Waals surface area (Å²) in [5.74, 6) is -4.94. The largest absolute Gasteiger partial charge is 1.00 e. The predicted molar refractivity (Wildman–Crippen MR) is 50.6 cm³/mol. The van der Waals surface area contributed by atoms with Crippen molar-refractivity contribution in [2.75, 3.05) is 6.61 Å². The average molecular weight is 290 g/mol. The quantitative estimate of drug-likeness (QED) is 0.275. The Kier molecular flexibility index (Phi) is 7.34. The van der Waals surface area contributed by atoms with Crippen LogP contribution in [0.25, 0.3) is 0 Å². The van der Waals surface area contributed by atoms with Gasteiger partial charge in [0.05, 0.1) is 12.7 Å². The Labute approximate surface area is 130 Å². The SMILES string of the molecule is O=C([O-])C1(O)C[C@H](O)[C@@H](O)[C@H]([C@H](O)[C@H](O)CO)O1.[Na+]. The van der Waals surface area contributed by atoms with Gasteiger partial charge in [-0.05, 0) is 0 Å². The van der Waals surface area contributed by atoms with E-state index in [1.54, 1.807) is 0 Å². The van der Waals surface area contributed by atoms with E-state index in [0.717, 1.165) is 0 Å². The second-order valence-corrected chi connectivity index (χ2v) is 4.16. The first-order chi connectivity index (χ1) is 8.23. The number of hydrogen-bond acceptors (Lipinski definition) is 9. The molecule has 6 atom stereocenters. The molecule has 0 saturated carbocycles. The molecule has 0 aromatic carbocycles. The van der Waals surface area contributed by atoms with Crippen LogP contribution >= 0.6 is 0 Å². The van der Waals surface area contributed by atoms with Gasteiger partial charge in [-0.2, -0.15) is 0 Å². The molecule has 106 valence electrons. The van der Waals surface area contributed by atoms with Gasteiger partial charge in [0.1, 0.15) is 30.4 Å². The van der Waals surface area contributed by atoms with Crippen LogP contribution in [0.5, 0.6) is 0 Å². The Bertz CT molecular complexity index is 314. The van der Waals surface area contributed by atoms with Gasteiger partial charge in [-0.25, -0.2) is 0 Å². The molecule has 0 spiro atoms. The molecule has 6 N–H and O–H groups in total. The number of carboxylic acids is 1. The third-order valence-electron chi connectivity index (χ3n) is 2.78. The van der Waals surface area contributed by atoms with Crippen molar-refractivity contribution in [2.45, 2.75) is 42.7 Å². The van der Waals surface area contributed by atoms with E-state index in [1.807, 2.05) is 0 Å². The van der Waals surface area contributed by atoms with Crippen LogP contribution in [0.15, 0.2) is 0 Å². The molecular formula is C9H15NaO9. The number of carbonyl (C=O) groups is 1. The minimum Gasteiger partial charge on any atom is -0.544 e. The van der Waals surface area contributed by atoms with Gasteiger partial charge in [0.25, 0.3) is 0 Å². The molecule has 1 heterocycles. The van der Waals surface area contributed by atoms with Crippen LogP contribution in [-0.2, 0) is 9.53 Å². The smallest absolute Gasteiger partial charge is 0.544 e. The third-order valence-corrected chi connectivity index (χ3v) is 2.78. The van der Waals surface area contributed by atoms with Crippen LogP contribution in [0.2, 0.25) is 0 Å². The second-order valence-electron chi connectivity index (χ2n) is 4.16. The van der Waals surface area contributed by atoms with Crippen molar-refractivity contribution in [3.8, 4) is 0 Å². The Hall–Kier alpha value is 0.190. The summed E-state index contributed by atoms with van der Waals surface area (Å²) in [7, 11) is 0. The van der Waals surface area contributed by atoms with E-state index >= 15 is 0 Å². The Morgan fingerprint density at radius 2 is 1.95 bits per heavy atom. The molecule has 1 aliphatic rings. The monoisotopic (exact) mass is 290 g/mol. The van der Waals surface area contributed by atoms with Gasteiger partial charge in [-0.1, -0.05) is 0 Å². The maximum atomic E-state index is 10.7. The summed E-state index contributed by atoms with van der Waals surface area (Å²) in [6.45, 7) is -0.881. The first-order valence-electron chi connectivity index (χ1n) is 5.17. The number of ether oxygens (including phenoxy) is 1. The standard InChI is InChI=1S/C9H16O9.Na/c10-2-4(12)6(14)7-5(13)3(11)1-9(17,18-7)8(15)16;/h3-7,10-14,17H,1-2H2,(H,15,16);/q;+1/p-1/t3-,4+,5+,6+,7+,9?;/m0./s1. The molecule has 1 unspecified atom stereocenters. The molecule has 1 rings (SSSR count). The Morgan fingerprint density at radius 1 is 1.42 bits per heavy atom. The summed E-state index contributed by atoms with van der Waals surface area (Å²) in [6.07, 6.45) is -9.71. The number of rotatable bonds is 4. The maximum Gasteiger partial charge on any atom is 1.00 e. The predicted octanol–water partition coefficient (Wildman–Crippen LogP) is -8.35. The fourth-order valence-electron chi connectivity index (χ4n) is 1.70. The summed E-state index contributed by atoms with van der Waals surface area (Å²) in [4.78, 5) is 10.7. The van der Waals surface area contributed by atoms with Crippen molar-refractivity contribution in [3.63, 3.8) is 0 Å². The topological polar surface area (TPSA) is 171 Å². The molecule has 0 aliphatic carbocycles. The molecule has 1 fully saturated rings. The molecule has 9 nitrogen and oxygen atoms in total. The van der Waals surface area contributed by atoms with Crippen LogP contribution in [0, 0.1) is 0 Å². The number of aliphatic hydroxyl groups is 6. The van der Waals surface area contributed by atoms with Gasteiger partial charge in [-0.3, -0.25) is 0 Å². The zero-order valence-corrected chi connectivity index (χ0v) is 12.2. The van der Waals surface area contributed by atoms with E-state index in [2.05, 4.69) is 4.74 Å². The molecule has 0 aromatic rings. The number of carbonyl (C=O) groups excluding carboxylic acids is 1. The summed E-state index contributed by atoms with van der Waals surface area (Å²) < 4.78 is 4.57. The minimum atomic E-state index is -2.89. The zero-order valence-electron chi connectivity index (χ0n) is 10.2. The van der Waals surface area contributed by atoms with Gasteiger partial charge >= 0.3 is 29.6 Å². The minimum absolute atomic E-state index is 0. The van der Waals surface area contributed by atoms with Crippen LogP contribution in [0.4, 0.5) is 0 Å². The third kappa shape index (κ3) is 4.08. The summed E-state index contributed by atoms with van der Waals surface area (Å²) >= 11 is 0. The number of aliphatic hydroxyl groups excluding tert-OH is 5. The molecule has 1 aliphatic heterocycles. The van der Waals surface area contributed by atoms with Gasteiger partial charge in [0.2, 0.25) is 5.79 Å².